The molecule has 0 aromatic carbocycles. The van der Waals surface area contributed by atoms with Crippen molar-refractivity contribution < 1.29 is 52.2 Å². The molecule has 72 heavy (non-hydrogen) atoms. The molecule has 0 aliphatic heterocycles. The molecular weight excluding hydrogens is 928 g/mol. The monoisotopic (exact) mass is 1030 g/mol. The van der Waals surface area contributed by atoms with E-state index in [0.717, 1.165) is 141 Å². The van der Waals surface area contributed by atoms with Crippen LogP contribution in [0.3, 0.4) is 0 Å². The van der Waals surface area contributed by atoms with Gasteiger partial charge in [0.1, 0.15) is 12.7 Å². The van der Waals surface area contributed by atoms with Crippen LogP contribution in [0.5, 0.6) is 0 Å². The van der Waals surface area contributed by atoms with Gasteiger partial charge in [0.2, 0.25) is 0 Å². The van der Waals surface area contributed by atoms with E-state index in [2.05, 4.69) is 93.7 Å². The molecule has 2 N–H and O–H groups in total. The molecule has 0 aromatic rings. The summed E-state index contributed by atoms with van der Waals surface area (Å²) in [6, 6.07) is 0. The van der Waals surface area contributed by atoms with Crippen molar-refractivity contribution in [3.8, 4) is 0 Å². The number of phosphoric acid groups is 1. The van der Waals surface area contributed by atoms with E-state index in [1.54, 1.807) is 0 Å². The maximum Gasteiger partial charge on any atom is 0.472 e. The largest absolute Gasteiger partial charge is 0.472 e. The fourth-order valence-corrected chi connectivity index (χ4v) is 8.47. The van der Waals surface area contributed by atoms with Gasteiger partial charge in [0, 0.05) is 19.3 Å². The van der Waals surface area contributed by atoms with Crippen molar-refractivity contribution in [2.24, 2.45) is 0 Å². The topological polar surface area (TPSA) is 155 Å². The second-order valence-electron chi connectivity index (χ2n) is 19.1. The van der Waals surface area contributed by atoms with Gasteiger partial charge in [-0.1, -0.05) is 196 Å². The maximum atomic E-state index is 12.9. The van der Waals surface area contributed by atoms with Gasteiger partial charge in [0.15, 0.2) is 6.10 Å². The van der Waals surface area contributed by atoms with Crippen molar-refractivity contribution in [2.75, 3.05) is 26.4 Å². The summed E-state index contributed by atoms with van der Waals surface area (Å²) in [6.07, 6.45) is 59.9. The molecule has 416 valence electrons. The molecule has 0 radical (unpaired) electrons. The number of carbonyl (C=O) groups excluding carboxylic acids is 3. The van der Waals surface area contributed by atoms with Crippen molar-refractivity contribution in [1.29, 1.82) is 0 Å². The lowest BCUT2D eigenvalue weighted by Crippen LogP contribution is -2.30. The van der Waals surface area contributed by atoms with Gasteiger partial charge in [-0.25, -0.2) is 4.57 Å². The summed E-state index contributed by atoms with van der Waals surface area (Å²) in [5.41, 5.74) is 0. The van der Waals surface area contributed by atoms with Gasteiger partial charge < -0.3 is 24.2 Å². The van der Waals surface area contributed by atoms with Crippen LogP contribution in [0, 0.1) is 0 Å². The summed E-state index contributed by atoms with van der Waals surface area (Å²) < 4.78 is 39.5. The Balaban J connectivity index is 4.75. The molecule has 0 saturated heterocycles. The predicted octanol–water partition coefficient (Wildman–Crippen LogP) is 16.9. The molecule has 0 rings (SSSR count). The standard InChI is InChI=1S/C60H105O11P/c1-4-7-10-13-16-19-22-25-27-28-30-33-36-39-42-45-48-51-60(64)71-57(53-67-58(62)49-46-43-40-37-34-31-24-21-18-15-12-9-6-3)55-69-72(65,66)68-54-56(52-61)70-59(63)50-47-44-41-38-35-32-29-26-23-20-17-14-11-8-5-2/h7,10,16-17,19-21,24-27,29,56-57,61H,4-6,8-9,11-15,18,22-23,28,30-55H2,1-3H3,(H,65,66)/b10-7-,19-16-,20-17-,24-21-,27-25-,29-26-. The maximum absolute atomic E-state index is 12.9. The van der Waals surface area contributed by atoms with Crippen LogP contribution in [0.1, 0.15) is 252 Å². The molecular formula is C60H105O11P. The Morgan fingerprint density at radius 2 is 0.722 bits per heavy atom. The lowest BCUT2D eigenvalue weighted by Gasteiger charge is -2.21. The Morgan fingerprint density at radius 1 is 0.403 bits per heavy atom. The number of aliphatic hydroxyl groups excluding tert-OH is 1. The van der Waals surface area contributed by atoms with Crippen LogP contribution in [-0.4, -0.2) is 66.5 Å². The first-order valence-corrected chi connectivity index (χ1v) is 30.3. The molecule has 12 heteroatoms. The van der Waals surface area contributed by atoms with E-state index in [4.69, 9.17) is 23.3 Å². The van der Waals surface area contributed by atoms with Crippen molar-refractivity contribution in [1.82, 2.24) is 0 Å². The van der Waals surface area contributed by atoms with Gasteiger partial charge in [-0.05, 0) is 109 Å². The molecule has 0 saturated carbocycles. The summed E-state index contributed by atoms with van der Waals surface area (Å²) in [7, 11) is -4.76. The van der Waals surface area contributed by atoms with E-state index in [9.17, 15) is 28.9 Å². The zero-order valence-electron chi connectivity index (χ0n) is 45.9. The van der Waals surface area contributed by atoms with E-state index in [1.807, 2.05) is 0 Å². The second-order valence-corrected chi connectivity index (χ2v) is 20.5. The summed E-state index contributed by atoms with van der Waals surface area (Å²) in [5.74, 6) is -1.50. The smallest absolute Gasteiger partial charge is 0.462 e. The van der Waals surface area contributed by atoms with Crippen molar-refractivity contribution in [2.45, 2.75) is 264 Å². The fourth-order valence-electron chi connectivity index (χ4n) is 7.69. The number of aliphatic hydroxyl groups is 1. The predicted molar refractivity (Wildman–Crippen MR) is 298 cm³/mol. The van der Waals surface area contributed by atoms with E-state index < -0.39 is 57.8 Å². The molecule has 3 unspecified atom stereocenters. The highest BCUT2D eigenvalue weighted by molar-refractivity contribution is 7.47. The van der Waals surface area contributed by atoms with Crippen molar-refractivity contribution >= 4 is 25.7 Å². The highest BCUT2D eigenvalue weighted by Gasteiger charge is 2.28. The van der Waals surface area contributed by atoms with Gasteiger partial charge in [0.05, 0.1) is 19.8 Å². The highest BCUT2D eigenvalue weighted by Crippen LogP contribution is 2.43. The third-order valence-corrected chi connectivity index (χ3v) is 13.0. The lowest BCUT2D eigenvalue weighted by molar-refractivity contribution is -0.161. The zero-order valence-corrected chi connectivity index (χ0v) is 46.8. The van der Waals surface area contributed by atoms with E-state index in [-0.39, 0.29) is 25.9 Å². The van der Waals surface area contributed by atoms with Gasteiger partial charge in [0.25, 0.3) is 0 Å². The number of carbonyl (C=O) groups is 3. The van der Waals surface area contributed by atoms with Crippen LogP contribution in [0.2, 0.25) is 0 Å². The summed E-state index contributed by atoms with van der Waals surface area (Å²) in [6.45, 7) is 4.46. The van der Waals surface area contributed by atoms with Gasteiger partial charge in [-0.2, -0.15) is 0 Å². The minimum absolute atomic E-state index is 0.152. The minimum atomic E-state index is -4.76. The van der Waals surface area contributed by atoms with Crippen LogP contribution >= 0.6 is 7.82 Å². The summed E-state index contributed by atoms with van der Waals surface area (Å²) in [5, 5.41) is 9.81. The third-order valence-electron chi connectivity index (χ3n) is 12.1. The molecule has 0 aromatic heterocycles. The van der Waals surface area contributed by atoms with Crippen LogP contribution in [-0.2, 0) is 42.2 Å². The Bertz CT molecular complexity index is 1490. The first kappa shape index (κ1) is 68.9. The first-order chi connectivity index (χ1) is 35.2. The Kier molecular flexibility index (Phi) is 51.9. The minimum Gasteiger partial charge on any atom is -0.462 e. The number of ether oxygens (including phenoxy) is 3. The molecule has 0 aliphatic carbocycles. The molecule has 11 nitrogen and oxygen atoms in total. The van der Waals surface area contributed by atoms with Gasteiger partial charge in [-0.15, -0.1) is 0 Å². The van der Waals surface area contributed by atoms with Crippen LogP contribution < -0.4 is 0 Å². The highest BCUT2D eigenvalue weighted by atomic mass is 31.2. The number of allylic oxidation sites excluding steroid dienone is 12. The number of hydrogen-bond donors (Lipinski definition) is 2. The number of phosphoric ester groups is 1. The average molecular weight is 1030 g/mol. The van der Waals surface area contributed by atoms with E-state index in [1.165, 1.54) is 51.4 Å². The van der Waals surface area contributed by atoms with E-state index in [0.29, 0.717) is 19.3 Å². The first-order valence-electron chi connectivity index (χ1n) is 28.8. The molecule has 0 aliphatic rings. The SMILES string of the molecule is CC/C=C\C/C=C\C/C=C\CCCCCCCCCC(=O)OC(COC(=O)CCCCCCC/C=C\CCCCCC)COP(=O)(O)OCC(CO)OC(=O)CCCCCCC/C=C\C/C=C\CCCCC. The summed E-state index contributed by atoms with van der Waals surface area (Å²) in [4.78, 5) is 48.5. The lowest BCUT2D eigenvalue weighted by atomic mass is 10.1. The molecule has 0 spiro atoms. The number of unbranched alkanes of at least 4 members (excludes halogenated alkanes) is 24. The van der Waals surface area contributed by atoms with Gasteiger partial charge in [-0.3, -0.25) is 23.4 Å². The quantitative estimate of drug-likeness (QED) is 0.0197. The fraction of sp³-hybridized carbons (Fsp3) is 0.750. The normalized spacial score (nSPS) is 13.9. The number of rotatable bonds is 53. The number of esters is 3. The molecule has 0 heterocycles. The van der Waals surface area contributed by atoms with E-state index >= 15 is 0 Å². The molecule has 3 atom stereocenters. The van der Waals surface area contributed by atoms with Crippen molar-refractivity contribution in [3.63, 3.8) is 0 Å². The molecule has 0 bridgehead atoms. The Labute approximate surface area is 439 Å². The summed E-state index contributed by atoms with van der Waals surface area (Å²) >= 11 is 0. The average Bonchev–Trinajstić information content (AvgIpc) is 3.37. The Morgan fingerprint density at radius 3 is 1.15 bits per heavy atom. The van der Waals surface area contributed by atoms with Gasteiger partial charge >= 0.3 is 25.7 Å². The third kappa shape index (κ3) is 51.8. The molecule has 0 amide bonds. The van der Waals surface area contributed by atoms with Crippen LogP contribution in [0.25, 0.3) is 0 Å². The number of hydrogen-bond acceptors (Lipinski definition) is 10. The Hall–Kier alpha value is -3.08. The van der Waals surface area contributed by atoms with Crippen LogP contribution in [0.4, 0.5) is 0 Å². The zero-order chi connectivity index (χ0) is 52.7. The van der Waals surface area contributed by atoms with Crippen LogP contribution in [0.15, 0.2) is 72.9 Å². The second kappa shape index (κ2) is 54.2. The molecule has 0 fully saturated rings. The van der Waals surface area contributed by atoms with Crippen molar-refractivity contribution in [3.05, 3.63) is 72.9 Å².